The molecule has 0 spiro atoms. The number of rotatable bonds is 15. The summed E-state index contributed by atoms with van der Waals surface area (Å²) in [6.07, 6.45) is 20.2. The summed E-state index contributed by atoms with van der Waals surface area (Å²) in [7, 11) is 0. The molecule has 0 aliphatic rings. The van der Waals surface area contributed by atoms with Crippen molar-refractivity contribution in [3.05, 3.63) is 47.3 Å². The van der Waals surface area contributed by atoms with E-state index < -0.39 is 0 Å². The molecule has 0 amide bonds. The third-order valence-corrected chi connectivity index (χ3v) is 6.46. The fourth-order valence-corrected chi connectivity index (χ4v) is 4.59. The van der Waals surface area contributed by atoms with Crippen molar-refractivity contribution in [2.24, 2.45) is 0 Å². The molecule has 3 rings (SSSR count). The van der Waals surface area contributed by atoms with E-state index >= 15 is 0 Å². The monoisotopic (exact) mass is 451 g/mol. The topological polar surface area (TPSA) is 47.8 Å². The highest BCUT2D eigenvalue weighted by molar-refractivity contribution is 7.07. The van der Waals surface area contributed by atoms with E-state index in [0.29, 0.717) is 12.2 Å². The number of allylic oxidation sites excluding steroid dienone is 2. The van der Waals surface area contributed by atoms with Gasteiger partial charge < -0.3 is 0 Å². The number of thiazole rings is 1. The molecular weight excluding hydrogens is 414 g/mol. The summed E-state index contributed by atoms with van der Waals surface area (Å²) in [5.74, 6) is 0.772. The van der Waals surface area contributed by atoms with Crippen LogP contribution in [0.5, 0.6) is 0 Å². The molecule has 3 aromatic rings. The normalized spacial score (nSPS) is 11.7. The van der Waals surface area contributed by atoms with Crippen LogP contribution in [0.4, 0.5) is 0 Å². The Morgan fingerprint density at radius 1 is 0.938 bits per heavy atom. The second-order valence-corrected chi connectivity index (χ2v) is 9.23. The van der Waals surface area contributed by atoms with Gasteiger partial charge in [0, 0.05) is 11.8 Å². The van der Waals surface area contributed by atoms with Crippen molar-refractivity contribution in [2.75, 3.05) is 0 Å². The largest absolute Gasteiger partial charge is 0.274 e. The van der Waals surface area contributed by atoms with E-state index in [9.17, 15) is 4.79 Å². The predicted molar refractivity (Wildman–Crippen MR) is 136 cm³/mol. The summed E-state index contributed by atoms with van der Waals surface area (Å²) in [5, 5.41) is 1.95. The molecule has 0 radical (unpaired) electrons. The molecule has 0 bridgehead atoms. The van der Waals surface area contributed by atoms with E-state index in [-0.39, 0.29) is 5.91 Å². The summed E-state index contributed by atoms with van der Waals surface area (Å²) in [5.41, 5.74) is 4.27. The summed E-state index contributed by atoms with van der Waals surface area (Å²) in [6, 6.07) is 7.83. The number of carbonyl (C=O) groups is 1. The zero-order valence-corrected chi connectivity index (χ0v) is 20.3. The van der Waals surface area contributed by atoms with E-state index in [1.54, 1.807) is 10.1 Å². The van der Waals surface area contributed by atoms with E-state index in [1.165, 1.54) is 69.1 Å². The van der Waals surface area contributed by atoms with Gasteiger partial charge in [-0.25, -0.2) is 9.97 Å². The zero-order chi connectivity index (χ0) is 22.4. The fraction of sp³-hybridized carbons (Fsp3) is 0.519. The molecule has 2 heterocycles. The summed E-state index contributed by atoms with van der Waals surface area (Å²) in [4.78, 5) is 22.1. The Labute approximate surface area is 196 Å². The van der Waals surface area contributed by atoms with Gasteiger partial charge in [-0.15, -0.1) is 11.3 Å². The minimum Gasteiger partial charge on any atom is -0.274 e. The first-order valence-electron chi connectivity index (χ1n) is 12.4. The van der Waals surface area contributed by atoms with Crippen LogP contribution in [0.25, 0.3) is 22.6 Å². The van der Waals surface area contributed by atoms with Crippen molar-refractivity contribution in [3.8, 4) is 11.5 Å². The zero-order valence-electron chi connectivity index (χ0n) is 19.5. The highest BCUT2D eigenvalue weighted by atomic mass is 32.1. The van der Waals surface area contributed by atoms with Gasteiger partial charge in [0.25, 0.3) is 0 Å². The van der Waals surface area contributed by atoms with Crippen molar-refractivity contribution < 1.29 is 4.79 Å². The maximum Gasteiger partial charge on any atom is 0.232 e. The molecule has 2 aromatic heterocycles. The van der Waals surface area contributed by atoms with Crippen LogP contribution < -0.4 is 0 Å². The summed E-state index contributed by atoms with van der Waals surface area (Å²) in [6.45, 7) is 2.27. The number of unbranched alkanes of at least 4 members (excludes halogenated alkanes) is 10. The van der Waals surface area contributed by atoms with E-state index in [2.05, 4.69) is 29.0 Å². The molecule has 4 nitrogen and oxygen atoms in total. The Hall–Kier alpha value is -2.27. The standard InChI is InChI=1S/C27H37N3OS/c1-2-3-4-5-6-7-8-9-10-11-12-13-14-15-20-26(31)30-25-19-17-16-18-23(25)29-27(30)24-21-32-22-28-24/h9-10,16-19,21-22H,2-8,11-15,20H2,1H3. The van der Waals surface area contributed by atoms with Crippen LogP contribution in [0.1, 0.15) is 95.2 Å². The molecule has 0 fully saturated rings. The number of hydrogen-bond acceptors (Lipinski definition) is 4. The summed E-state index contributed by atoms with van der Waals surface area (Å²) < 4.78 is 1.76. The SMILES string of the molecule is CCCCCCCCC=CCCCCCCC(=O)n1c(-c2cscn2)nc2ccccc21. The van der Waals surface area contributed by atoms with Gasteiger partial charge in [0.2, 0.25) is 5.91 Å². The smallest absolute Gasteiger partial charge is 0.232 e. The molecule has 172 valence electrons. The number of fused-ring (bicyclic) bond motifs is 1. The first kappa shape index (κ1) is 24.4. The fourth-order valence-electron chi connectivity index (χ4n) is 4.06. The minimum absolute atomic E-state index is 0.112. The lowest BCUT2D eigenvalue weighted by atomic mass is 10.1. The lowest BCUT2D eigenvalue weighted by molar-refractivity contribution is 0.0905. The second kappa shape index (κ2) is 14.0. The first-order valence-corrected chi connectivity index (χ1v) is 13.3. The Morgan fingerprint density at radius 3 is 2.34 bits per heavy atom. The number of carbonyl (C=O) groups excluding carboxylic acids is 1. The molecule has 0 atom stereocenters. The number of aromatic nitrogens is 3. The lowest BCUT2D eigenvalue weighted by Gasteiger charge is -2.06. The summed E-state index contributed by atoms with van der Waals surface area (Å²) >= 11 is 1.52. The molecule has 0 saturated heterocycles. The van der Waals surface area contributed by atoms with Crippen LogP contribution in [0.15, 0.2) is 47.3 Å². The second-order valence-electron chi connectivity index (χ2n) is 8.51. The molecular formula is C27H37N3OS. The molecule has 32 heavy (non-hydrogen) atoms. The van der Waals surface area contributed by atoms with E-state index in [0.717, 1.165) is 36.0 Å². The van der Waals surface area contributed by atoms with Gasteiger partial charge in [0.1, 0.15) is 5.69 Å². The molecule has 0 unspecified atom stereocenters. The number of para-hydroxylation sites is 2. The molecule has 1 aromatic carbocycles. The van der Waals surface area contributed by atoms with E-state index in [1.807, 2.05) is 29.6 Å². The van der Waals surface area contributed by atoms with Crippen LogP contribution in [0.2, 0.25) is 0 Å². The van der Waals surface area contributed by atoms with E-state index in [4.69, 9.17) is 0 Å². The molecule has 0 aliphatic carbocycles. The third kappa shape index (κ3) is 7.40. The van der Waals surface area contributed by atoms with Crippen molar-refractivity contribution >= 4 is 28.3 Å². The van der Waals surface area contributed by atoms with Gasteiger partial charge in [-0.3, -0.25) is 9.36 Å². The van der Waals surface area contributed by atoms with Crippen LogP contribution in [-0.4, -0.2) is 20.4 Å². The van der Waals surface area contributed by atoms with Crippen LogP contribution in [0.3, 0.4) is 0 Å². The van der Waals surface area contributed by atoms with Crippen LogP contribution in [0, 0.1) is 0 Å². The van der Waals surface area contributed by atoms with Gasteiger partial charge in [-0.1, -0.05) is 76.2 Å². The van der Waals surface area contributed by atoms with Gasteiger partial charge in [0.05, 0.1) is 16.5 Å². The highest BCUT2D eigenvalue weighted by Crippen LogP contribution is 2.25. The highest BCUT2D eigenvalue weighted by Gasteiger charge is 2.18. The Bertz CT molecular complexity index is 959. The number of hydrogen-bond donors (Lipinski definition) is 0. The Balaban J connectivity index is 1.35. The first-order chi connectivity index (χ1) is 15.8. The van der Waals surface area contributed by atoms with Gasteiger partial charge in [0.15, 0.2) is 5.82 Å². The van der Waals surface area contributed by atoms with Crippen molar-refractivity contribution in [1.82, 2.24) is 14.5 Å². The van der Waals surface area contributed by atoms with Crippen molar-refractivity contribution in [2.45, 2.75) is 90.4 Å². The number of imidazole rings is 1. The van der Waals surface area contributed by atoms with Crippen LogP contribution in [-0.2, 0) is 0 Å². The molecule has 0 N–H and O–H groups in total. The average Bonchev–Trinajstić information content (AvgIpc) is 3.47. The quantitative estimate of drug-likeness (QED) is 0.172. The number of benzene rings is 1. The maximum atomic E-state index is 13.0. The van der Waals surface area contributed by atoms with Crippen molar-refractivity contribution in [1.29, 1.82) is 0 Å². The maximum absolute atomic E-state index is 13.0. The predicted octanol–water partition coefficient (Wildman–Crippen LogP) is 8.45. The molecule has 0 saturated carbocycles. The lowest BCUT2D eigenvalue weighted by Crippen LogP contribution is -2.12. The average molecular weight is 452 g/mol. The minimum atomic E-state index is 0.112. The Kier molecular flexibility index (Phi) is 10.7. The van der Waals surface area contributed by atoms with Gasteiger partial charge >= 0.3 is 0 Å². The van der Waals surface area contributed by atoms with Gasteiger partial charge in [-0.2, -0.15) is 0 Å². The molecule has 5 heteroatoms. The third-order valence-electron chi connectivity index (χ3n) is 5.87. The molecule has 0 aliphatic heterocycles. The van der Waals surface area contributed by atoms with Gasteiger partial charge in [-0.05, 0) is 44.2 Å². The van der Waals surface area contributed by atoms with Crippen molar-refractivity contribution in [3.63, 3.8) is 0 Å². The van der Waals surface area contributed by atoms with Crippen LogP contribution >= 0.6 is 11.3 Å². The Morgan fingerprint density at radius 2 is 1.62 bits per heavy atom. The number of nitrogens with zero attached hydrogens (tertiary/aromatic N) is 3.